The zero-order chi connectivity index (χ0) is 66.0. The molecule has 0 amide bonds. The van der Waals surface area contributed by atoms with Gasteiger partial charge in [-0.05, 0) is 131 Å². The fourth-order valence-electron chi connectivity index (χ4n) is 15.0. The molecule has 20 rings (SSSR count). The van der Waals surface area contributed by atoms with E-state index < -0.39 is 0 Å². The van der Waals surface area contributed by atoms with E-state index in [-0.39, 0.29) is 0 Å². The van der Waals surface area contributed by atoms with Crippen molar-refractivity contribution in [1.82, 2.24) is 43.2 Å². The average Bonchev–Trinajstić information content (AvgIpc) is 1.57. The van der Waals surface area contributed by atoms with Crippen LogP contribution in [0.15, 0.2) is 358 Å². The fourth-order valence-corrected chi connectivity index (χ4v) is 15.0. The summed E-state index contributed by atoms with van der Waals surface area (Å²) in [5.41, 5.74) is 26.8. The lowest BCUT2D eigenvalue weighted by Crippen LogP contribution is -2.02. The van der Waals surface area contributed by atoms with Crippen LogP contribution >= 0.6 is 0 Å². The molecule has 9 heteroatoms. The Balaban J connectivity index is 0.000000139. The van der Waals surface area contributed by atoms with Crippen molar-refractivity contribution in [2.75, 3.05) is 0 Å². The minimum Gasteiger partial charge on any atom is -0.309 e. The molecule has 8 heterocycles. The standard InChI is InChI=1S/C46H30N4.C45H29N5/c1-4-14-31(15-5-1)39-29-35(30-40(48-39)32-16-6-2-7-17-32)50-41-22-11-10-20-37(41)45-36(21-12-23-43(45)50)33-25-26-42-38(28-33)46-44(24-13-27-47-46)49(42)34-18-8-3-9-19-34;1-4-14-30(15-5-1)43-41(29-47-45(48-43)31-16-6-2-7-17-31)50-37-22-11-10-20-35(37)42-34(21-12-23-39(42)50)32-25-26-38-36(28-32)44-40(24-13-27-46-44)49(38)33-18-8-3-9-19-33/h1-30H;1-29H. The molecule has 8 aromatic heterocycles. The van der Waals surface area contributed by atoms with Crippen LogP contribution in [-0.4, -0.2) is 43.2 Å². The van der Waals surface area contributed by atoms with Crippen LogP contribution in [0.25, 0.3) is 178 Å². The molecule has 0 aliphatic carbocycles. The molecule has 100 heavy (non-hydrogen) atoms. The highest BCUT2D eigenvalue weighted by atomic mass is 15.0. The van der Waals surface area contributed by atoms with Crippen LogP contribution < -0.4 is 0 Å². The quantitative estimate of drug-likeness (QED) is 0.136. The van der Waals surface area contributed by atoms with Gasteiger partial charge in [-0.1, -0.05) is 231 Å². The minimum atomic E-state index is 0.700. The summed E-state index contributed by atoms with van der Waals surface area (Å²) in [4.78, 5) is 25.1. The van der Waals surface area contributed by atoms with Crippen molar-refractivity contribution in [3.8, 4) is 90.2 Å². The molecule has 9 nitrogen and oxygen atoms in total. The summed E-state index contributed by atoms with van der Waals surface area (Å²) in [5.74, 6) is 0.700. The van der Waals surface area contributed by atoms with Crippen LogP contribution in [0.3, 0.4) is 0 Å². The van der Waals surface area contributed by atoms with E-state index in [1.54, 1.807) is 0 Å². The third-order valence-corrected chi connectivity index (χ3v) is 19.4. The highest BCUT2D eigenvalue weighted by Crippen LogP contribution is 2.45. The fraction of sp³-hybridized carbons (Fsp3) is 0. The third-order valence-electron chi connectivity index (χ3n) is 19.4. The maximum atomic E-state index is 5.21. The Kier molecular flexibility index (Phi) is 14.0. The molecule has 0 fully saturated rings. The van der Waals surface area contributed by atoms with Gasteiger partial charge >= 0.3 is 0 Å². The molecule has 0 radical (unpaired) electrons. The van der Waals surface area contributed by atoms with Crippen molar-refractivity contribution in [2.24, 2.45) is 0 Å². The second-order valence-corrected chi connectivity index (χ2v) is 25.1. The van der Waals surface area contributed by atoms with E-state index in [9.17, 15) is 0 Å². The van der Waals surface area contributed by atoms with Crippen LogP contribution in [0.1, 0.15) is 0 Å². The van der Waals surface area contributed by atoms with Gasteiger partial charge in [0.1, 0.15) is 0 Å². The van der Waals surface area contributed by atoms with E-state index in [4.69, 9.17) is 24.9 Å². The molecular weight excluding hydrogens is 1220 g/mol. The monoisotopic (exact) mass is 1280 g/mol. The van der Waals surface area contributed by atoms with E-state index in [0.29, 0.717) is 5.82 Å². The summed E-state index contributed by atoms with van der Waals surface area (Å²) in [7, 11) is 0. The summed E-state index contributed by atoms with van der Waals surface area (Å²) >= 11 is 0. The molecule has 0 N–H and O–H groups in total. The van der Waals surface area contributed by atoms with E-state index in [2.05, 4.69) is 309 Å². The van der Waals surface area contributed by atoms with Crippen molar-refractivity contribution >= 4 is 87.5 Å². The molecular formula is C91H59N9. The summed E-state index contributed by atoms with van der Waals surface area (Å²) in [6.45, 7) is 0. The second-order valence-electron chi connectivity index (χ2n) is 25.1. The number of nitrogens with zero attached hydrogens (tertiary/aromatic N) is 9. The summed E-state index contributed by atoms with van der Waals surface area (Å²) in [6.07, 6.45) is 5.75. The zero-order valence-corrected chi connectivity index (χ0v) is 54.1. The highest BCUT2D eigenvalue weighted by Gasteiger charge is 2.24. The lowest BCUT2D eigenvalue weighted by Gasteiger charge is -2.14. The van der Waals surface area contributed by atoms with E-state index in [1.807, 2.05) is 67.1 Å². The Hall–Kier alpha value is -13.6. The Labute approximate surface area is 575 Å². The van der Waals surface area contributed by atoms with Crippen LogP contribution in [0, 0.1) is 0 Å². The number of rotatable bonds is 10. The number of para-hydroxylation sites is 4. The lowest BCUT2D eigenvalue weighted by molar-refractivity contribution is 1.09. The first-order chi connectivity index (χ1) is 49.6. The number of pyridine rings is 3. The first kappa shape index (κ1) is 57.8. The van der Waals surface area contributed by atoms with Gasteiger partial charge in [-0.25, -0.2) is 15.0 Å². The van der Waals surface area contributed by atoms with Gasteiger partial charge in [-0.15, -0.1) is 0 Å². The number of hydrogen-bond donors (Lipinski definition) is 0. The molecule has 0 saturated carbocycles. The van der Waals surface area contributed by atoms with Gasteiger partial charge in [0.15, 0.2) is 5.82 Å². The van der Waals surface area contributed by atoms with Gasteiger partial charge in [0.05, 0.1) is 89.8 Å². The van der Waals surface area contributed by atoms with Gasteiger partial charge < -0.3 is 18.3 Å². The van der Waals surface area contributed by atoms with Gasteiger partial charge in [0, 0.05) is 78.3 Å². The predicted molar refractivity (Wildman–Crippen MR) is 412 cm³/mol. The molecule has 0 unspecified atom stereocenters. The van der Waals surface area contributed by atoms with E-state index >= 15 is 0 Å². The van der Waals surface area contributed by atoms with Crippen molar-refractivity contribution in [1.29, 1.82) is 0 Å². The minimum absolute atomic E-state index is 0.700. The van der Waals surface area contributed by atoms with Crippen molar-refractivity contribution in [2.45, 2.75) is 0 Å². The number of aromatic nitrogens is 9. The number of hydrogen-bond acceptors (Lipinski definition) is 5. The topological polar surface area (TPSA) is 84.2 Å². The first-order valence-electron chi connectivity index (χ1n) is 33.7. The molecule has 0 aliphatic heterocycles. The van der Waals surface area contributed by atoms with Gasteiger partial charge in [-0.2, -0.15) is 0 Å². The van der Waals surface area contributed by atoms with E-state index in [0.717, 1.165) is 139 Å². The Morgan fingerprint density at radius 3 is 1.12 bits per heavy atom. The van der Waals surface area contributed by atoms with Crippen LogP contribution in [-0.2, 0) is 0 Å². The largest absolute Gasteiger partial charge is 0.309 e. The third kappa shape index (κ3) is 9.74. The molecule has 0 spiro atoms. The van der Waals surface area contributed by atoms with Crippen LogP contribution in [0.2, 0.25) is 0 Å². The Bertz CT molecular complexity index is 6440. The summed E-state index contributed by atoms with van der Waals surface area (Å²) in [6, 6.07) is 120. The molecule has 0 saturated heterocycles. The Morgan fingerprint density at radius 2 is 0.620 bits per heavy atom. The summed E-state index contributed by atoms with van der Waals surface area (Å²) in [5, 5.41) is 7.06. The van der Waals surface area contributed by atoms with Crippen LogP contribution in [0.5, 0.6) is 0 Å². The maximum absolute atomic E-state index is 5.21. The van der Waals surface area contributed by atoms with Crippen molar-refractivity contribution in [3.63, 3.8) is 0 Å². The zero-order valence-electron chi connectivity index (χ0n) is 54.1. The van der Waals surface area contributed by atoms with Crippen molar-refractivity contribution < 1.29 is 0 Å². The lowest BCUT2D eigenvalue weighted by atomic mass is 9.98. The summed E-state index contributed by atoms with van der Waals surface area (Å²) < 4.78 is 9.34. The number of benzene rings is 12. The molecule has 0 atom stereocenters. The average molecular weight is 1280 g/mol. The molecule has 0 aliphatic rings. The normalized spacial score (nSPS) is 11.6. The molecule has 0 bridgehead atoms. The van der Waals surface area contributed by atoms with E-state index in [1.165, 1.54) is 32.7 Å². The van der Waals surface area contributed by atoms with Gasteiger partial charge in [0.25, 0.3) is 0 Å². The first-order valence-corrected chi connectivity index (χ1v) is 33.7. The smallest absolute Gasteiger partial charge is 0.159 e. The predicted octanol–water partition coefficient (Wildman–Crippen LogP) is 22.7. The SMILES string of the molecule is c1ccc(-c2cc(-n3c4ccccc4c4c(-c5ccc6c(c5)c5ncccc5n6-c5ccccc5)cccc43)cc(-c3ccccc3)n2)cc1.c1ccc(-c2ncc(-n3c4ccccc4c4c(-c5ccc6c(c5)c5ncccc5n6-c5ccccc5)cccc43)c(-c3ccccc3)n2)cc1. The molecule has 20 aromatic rings. The van der Waals surface area contributed by atoms with Crippen LogP contribution in [0.4, 0.5) is 0 Å². The molecule has 468 valence electrons. The van der Waals surface area contributed by atoms with Gasteiger partial charge in [-0.3, -0.25) is 9.97 Å². The maximum Gasteiger partial charge on any atom is 0.159 e. The van der Waals surface area contributed by atoms with Crippen molar-refractivity contribution in [3.05, 3.63) is 358 Å². The molecule has 12 aromatic carbocycles. The highest BCUT2D eigenvalue weighted by molar-refractivity contribution is 6.19. The number of fused-ring (bicyclic) bond motifs is 12. The second kappa shape index (κ2) is 24.2. The Morgan fingerprint density at radius 1 is 0.230 bits per heavy atom. The van der Waals surface area contributed by atoms with Gasteiger partial charge in [0.2, 0.25) is 0 Å².